The van der Waals surface area contributed by atoms with E-state index in [2.05, 4.69) is 0 Å². The number of aryl methyl sites for hydroxylation is 1. The van der Waals surface area contributed by atoms with Crippen LogP contribution in [0.3, 0.4) is 0 Å². The van der Waals surface area contributed by atoms with Crippen LogP contribution in [0.5, 0.6) is 0 Å². The van der Waals surface area contributed by atoms with E-state index in [1.807, 2.05) is 31.2 Å². The van der Waals surface area contributed by atoms with Gasteiger partial charge in [0.25, 0.3) is 0 Å². The summed E-state index contributed by atoms with van der Waals surface area (Å²) in [5.74, 6) is -0.514. The topological polar surface area (TPSA) is 46.2 Å². The Kier molecular flexibility index (Phi) is 4.30. The van der Waals surface area contributed by atoms with Gasteiger partial charge >= 0.3 is 0 Å². The monoisotopic (exact) mass is 259 g/mol. The van der Waals surface area contributed by atoms with Crippen LogP contribution in [0.4, 0.5) is 4.39 Å². The number of nitrogens with two attached hydrogens (primary N) is 1. The third kappa shape index (κ3) is 3.19. The molecule has 0 saturated heterocycles. The summed E-state index contributed by atoms with van der Waals surface area (Å²) < 4.78 is 13.0. The van der Waals surface area contributed by atoms with Gasteiger partial charge in [-0.15, -0.1) is 0 Å². The first-order valence-corrected chi connectivity index (χ1v) is 6.32. The molecule has 2 rings (SSSR count). The molecule has 0 saturated carbocycles. The van der Waals surface area contributed by atoms with Crippen molar-refractivity contribution in [3.63, 3.8) is 0 Å². The van der Waals surface area contributed by atoms with Crippen molar-refractivity contribution in [2.45, 2.75) is 18.9 Å². The third-order valence-corrected chi connectivity index (χ3v) is 3.26. The van der Waals surface area contributed by atoms with E-state index in [1.54, 1.807) is 12.1 Å². The predicted octanol–water partition coefficient (Wildman–Crippen LogP) is 2.59. The summed E-state index contributed by atoms with van der Waals surface area (Å²) in [5, 5.41) is 10.2. The smallest absolute Gasteiger partial charge is 0.123 e. The number of halogens is 1. The second-order valence-corrected chi connectivity index (χ2v) is 4.75. The van der Waals surface area contributed by atoms with Crippen molar-refractivity contribution in [3.8, 4) is 0 Å². The van der Waals surface area contributed by atoms with Crippen LogP contribution in [0.1, 0.15) is 22.6 Å². The van der Waals surface area contributed by atoms with Crippen molar-refractivity contribution in [1.82, 2.24) is 0 Å². The van der Waals surface area contributed by atoms with Crippen LogP contribution in [0.2, 0.25) is 0 Å². The molecule has 3 N–H and O–H groups in total. The van der Waals surface area contributed by atoms with E-state index < -0.39 is 6.10 Å². The van der Waals surface area contributed by atoms with Crippen LogP contribution in [0.15, 0.2) is 48.5 Å². The van der Waals surface area contributed by atoms with Gasteiger partial charge in [0, 0.05) is 12.5 Å². The van der Waals surface area contributed by atoms with Gasteiger partial charge in [-0.25, -0.2) is 4.39 Å². The van der Waals surface area contributed by atoms with Gasteiger partial charge in [-0.1, -0.05) is 42.0 Å². The van der Waals surface area contributed by atoms with Crippen molar-refractivity contribution in [2.24, 2.45) is 5.73 Å². The Bertz CT molecular complexity index is 539. The van der Waals surface area contributed by atoms with Crippen LogP contribution >= 0.6 is 0 Å². The Morgan fingerprint density at radius 2 is 1.79 bits per heavy atom. The number of aliphatic hydroxyl groups is 1. The number of aliphatic hydroxyl groups excluding tert-OH is 1. The fourth-order valence-corrected chi connectivity index (χ4v) is 2.31. The first kappa shape index (κ1) is 13.7. The van der Waals surface area contributed by atoms with Gasteiger partial charge in [-0.05, 0) is 30.2 Å². The minimum atomic E-state index is -0.688. The van der Waals surface area contributed by atoms with E-state index in [9.17, 15) is 9.50 Å². The van der Waals surface area contributed by atoms with Crippen LogP contribution in [0, 0.1) is 12.7 Å². The number of rotatable bonds is 4. The molecule has 2 atom stereocenters. The Morgan fingerprint density at radius 1 is 1.11 bits per heavy atom. The van der Waals surface area contributed by atoms with Crippen LogP contribution < -0.4 is 5.73 Å². The lowest BCUT2D eigenvalue weighted by Crippen LogP contribution is -2.28. The summed E-state index contributed by atoms with van der Waals surface area (Å²) in [6.07, 6.45) is -0.688. The molecule has 0 radical (unpaired) electrons. The molecule has 0 amide bonds. The molecule has 0 aliphatic rings. The molecule has 0 spiro atoms. The maximum absolute atomic E-state index is 13.0. The number of hydrogen-bond donors (Lipinski definition) is 2. The van der Waals surface area contributed by atoms with E-state index in [-0.39, 0.29) is 18.3 Å². The van der Waals surface area contributed by atoms with Gasteiger partial charge in [0.05, 0.1) is 6.10 Å². The molecule has 0 aliphatic carbocycles. The van der Waals surface area contributed by atoms with E-state index in [0.717, 1.165) is 16.7 Å². The second kappa shape index (κ2) is 5.95. The average Bonchev–Trinajstić information content (AvgIpc) is 2.41. The molecule has 0 fully saturated rings. The van der Waals surface area contributed by atoms with E-state index in [4.69, 9.17) is 5.73 Å². The van der Waals surface area contributed by atoms with Crippen LogP contribution in [0.25, 0.3) is 0 Å². The van der Waals surface area contributed by atoms with Crippen LogP contribution in [-0.2, 0) is 0 Å². The Balaban J connectivity index is 2.44. The minimum Gasteiger partial charge on any atom is -0.391 e. The molecule has 0 aliphatic heterocycles. The molecular formula is C16H18FNO. The van der Waals surface area contributed by atoms with E-state index >= 15 is 0 Å². The fourth-order valence-electron chi connectivity index (χ4n) is 2.31. The summed E-state index contributed by atoms with van der Waals surface area (Å²) in [6.45, 7) is 2.16. The maximum atomic E-state index is 13.0. The van der Waals surface area contributed by atoms with Gasteiger partial charge in [-0.3, -0.25) is 0 Å². The highest BCUT2D eigenvalue weighted by Crippen LogP contribution is 2.28. The van der Waals surface area contributed by atoms with Crippen LogP contribution in [-0.4, -0.2) is 17.8 Å². The summed E-state index contributed by atoms with van der Waals surface area (Å²) in [7, 11) is 0. The predicted molar refractivity (Wildman–Crippen MR) is 74.5 cm³/mol. The molecule has 100 valence electrons. The molecule has 2 aromatic carbocycles. The zero-order chi connectivity index (χ0) is 13.8. The van der Waals surface area contributed by atoms with Crippen molar-refractivity contribution in [1.29, 1.82) is 0 Å². The van der Waals surface area contributed by atoms with Crippen molar-refractivity contribution >= 4 is 0 Å². The molecule has 3 heteroatoms. The highest BCUT2D eigenvalue weighted by Gasteiger charge is 2.22. The molecule has 0 bridgehead atoms. The molecule has 0 aromatic heterocycles. The Morgan fingerprint density at radius 3 is 2.37 bits per heavy atom. The van der Waals surface area contributed by atoms with Gasteiger partial charge in [-0.2, -0.15) is 0 Å². The first-order valence-electron chi connectivity index (χ1n) is 6.32. The van der Waals surface area contributed by atoms with Gasteiger partial charge in [0.1, 0.15) is 5.82 Å². The minimum absolute atomic E-state index is 0.163. The third-order valence-electron chi connectivity index (χ3n) is 3.26. The zero-order valence-electron chi connectivity index (χ0n) is 10.9. The van der Waals surface area contributed by atoms with Crippen molar-refractivity contribution in [3.05, 3.63) is 71.0 Å². The van der Waals surface area contributed by atoms with Crippen molar-refractivity contribution < 1.29 is 9.50 Å². The first-order chi connectivity index (χ1) is 9.11. The summed E-state index contributed by atoms with van der Waals surface area (Å²) in [4.78, 5) is 0. The fraction of sp³-hybridized carbons (Fsp3) is 0.250. The van der Waals surface area contributed by atoms with Gasteiger partial charge in [0.15, 0.2) is 0 Å². The highest BCUT2D eigenvalue weighted by molar-refractivity contribution is 5.36. The van der Waals surface area contributed by atoms with E-state index in [0.29, 0.717) is 0 Å². The second-order valence-electron chi connectivity index (χ2n) is 4.75. The molecule has 19 heavy (non-hydrogen) atoms. The molecule has 0 heterocycles. The largest absolute Gasteiger partial charge is 0.391 e. The van der Waals surface area contributed by atoms with Gasteiger partial charge in [0.2, 0.25) is 0 Å². The molecular weight excluding hydrogens is 241 g/mol. The maximum Gasteiger partial charge on any atom is 0.123 e. The lowest BCUT2D eigenvalue weighted by atomic mass is 9.86. The number of benzene rings is 2. The normalized spacial score (nSPS) is 14.1. The molecule has 2 nitrogen and oxygen atoms in total. The Hall–Kier alpha value is -1.71. The molecule has 2 aromatic rings. The summed E-state index contributed by atoms with van der Waals surface area (Å²) in [6, 6.07) is 14.1. The average molecular weight is 259 g/mol. The summed E-state index contributed by atoms with van der Waals surface area (Å²) in [5.41, 5.74) is 8.57. The number of hydrogen-bond acceptors (Lipinski definition) is 2. The lowest BCUT2D eigenvalue weighted by Gasteiger charge is -2.23. The lowest BCUT2D eigenvalue weighted by molar-refractivity contribution is 0.164. The molecule has 0 unspecified atom stereocenters. The Labute approximate surface area is 112 Å². The zero-order valence-corrected chi connectivity index (χ0v) is 10.9. The summed E-state index contributed by atoms with van der Waals surface area (Å²) >= 11 is 0. The highest BCUT2D eigenvalue weighted by atomic mass is 19.1. The van der Waals surface area contributed by atoms with Crippen molar-refractivity contribution in [2.75, 3.05) is 6.54 Å². The standard InChI is InChI=1S/C16H18FNO/c1-11-3-2-4-13(9-11)16(15(19)10-18)12-5-7-14(17)8-6-12/h2-9,15-16,19H,10,18H2,1H3/t15-,16-/m0/s1. The SMILES string of the molecule is Cc1cccc([C@H](c2ccc(F)cc2)[C@@H](O)CN)c1. The van der Waals surface area contributed by atoms with Gasteiger partial charge < -0.3 is 10.8 Å². The van der Waals surface area contributed by atoms with E-state index in [1.165, 1.54) is 12.1 Å². The quantitative estimate of drug-likeness (QED) is 0.886.